The van der Waals surface area contributed by atoms with Crippen LogP contribution in [-0.2, 0) is 6.54 Å². The van der Waals surface area contributed by atoms with Gasteiger partial charge < -0.3 is 14.6 Å². The highest BCUT2D eigenvalue weighted by molar-refractivity contribution is 4.97. The fourth-order valence-electron chi connectivity index (χ4n) is 2.41. The first-order valence-corrected chi connectivity index (χ1v) is 6.71. The molecule has 0 amide bonds. The number of piperidine rings is 1. The molecule has 0 saturated carbocycles. The van der Waals surface area contributed by atoms with E-state index in [1.165, 1.54) is 19.5 Å². The molecule has 0 spiro atoms. The number of hydrogen-bond acceptors (Lipinski definition) is 3. The van der Waals surface area contributed by atoms with E-state index < -0.39 is 0 Å². The summed E-state index contributed by atoms with van der Waals surface area (Å²) in [4.78, 5) is 2.57. The maximum Gasteiger partial charge on any atom is 0.117 e. The zero-order valence-electron chi connectivity index (χ0n) is 11.0. The fraction of sp³-hybridized carbons (Fsp3) is 0.714. The molecule has 2 rings (SSSR count). The SMILES string of the molecule is CC1CCN(CCNCc2ccco2)CC1C. The van der Waals surface area contributed by atoms with Crippen molar-refractivity contribution < 1.29 is 4.42 Å². The maximum atomic E-state index is 5.28. The highest BCUT2D eigenvalue weighted by Crippen LogP contribution is 2.21. The fourth-order valence-corrected chi connectivity index (χ4v) is 2.41. The molecule has 1 saturated heterocycles. The van der Waals surface area contributed by atoms with Crippen molar-refractivity contribution in [1.29, 1.82) is 0 Å². The van der Waals surface area contributed by atoms with Gasteiger partial charge in [-0.25, -0.2) is 0 Å². The van der Waals surface area contributed by atoms with Gasteiger partial charge in [0.15, 0.2) is 0 Å². The van der Waals surface area contributed by atoms with Crippen molar-refractivity contribution in [2.45, 2.75) is 26.8 Å². The Labute approximate surface area is 104 Å². The summed E-state index contributed by atoms with van der Waals surface area (Å²) in [6, 6.07) is 3.95. The van der Waals surface area contributed by atoms with Crippen LogP contribution in [0.5, 0.6) is 0 Å². The topological polar surface area (TPSA) is 28.4 Å². The van der Waals surface area contributed by atoms with E-state index in [0.29, 0.717) is 0 Å². The second-order valence-electron chi connectivity index (χ2n) is 5.30. The van der Waals surface area contributed by atoms with Crippen LogP contribution in [0.15, 0.2) is 22.8 Å². The van der Waals surface area contributed by atoms with E-state index in [1.807, 2.05) is 12.1 Å². The van der Waals surface area contributed by atoms with Crippen molar-refractivity contribution in [2.24, 2.45) is 11.8 Å². The quantitative estimate of drug-likeness (QED) is 0.796. The third kappa shape index (κ3) is 3.86. The van der Waals surface area contributed by atoms with E-state index in [2.05, 4.69) is 24.1 Å². The summed E-state index contributed by atoms with van der Waals surface area (Å²) in [5, 5.41) is 3.43. The number of rotatable bonds is 5. The van der Waals surface area contributed by atoms with Crippen molar-refractivity contribution in [3.8, 4) is 0 Å². The van der Waals surface area contributed by atoms with E-state index in [0.717, 1.165) is 37.2 Å². The van der Waals surface area contributed by atoms with Gasteiger partial charge in [0.05, 0.1) is 12.8 Å². The molecule has 0 aliphatic carbocycles. The molecule has 1 aromatic rings. The molecule has 0 radical (unpaired) electrons. The molecule has 3 nitrogen and oxygen atoms in total. The molecule has 1 N–H and O–H groups in total. The Morgan fingerprint density at radius 3 is 3.00 bits per heavy atom. The second kappa shape index (κ2) is 6.22. The van der Waals surface area contributed by atoms with Gasteiger partial charge in [0.2, 0.25) is 0 Å². The lowest BCUT2D eigenvalue weighted by molar-refractivity contribution is 0.139. The second-order valence-corrected chi connectivity index (χ2v) is 5.30. The molecule has 2 atom stereocenters. The number of hydrogen-bond donors (Lipinski definition) is 1. The average Bonchev–Trinajstić information content (AvgIpc) is 2.82. The lowest BCUT2D eigenvalue weighted by Gasteiger charge is -2.35. The van der Waals surface area contributed by atoms with Gasteiger partial charge in [-0.3, -0.25) is 0 Å². The highest BCUT2D eigenvalue weighted by atomic mass is 16.3. The Kier molecular flexibility index (Phi) is 4.63. The van der Waals surface area contributed by atoms with E-state index in [9.17, 15) is 0 Å². The van der Waals surface area contributed by atoms with Crippen LogP contribution in [0.3, 0.4) is 0 Å². The lowest BCUT2D eigenvalue weighted by atomic mass is 9.89. The number of likely N-dealkylation sites (tertiary alicyclic amines) is 1. The van der Waals surface area contributed by atoms with Crippen LogP contribution >= 0.6 is 0 Å². The predicted octanol–water partition coefficient (Wildman–Crippen LogP) is 2.35. The third-order valence-electron chi connectivity index (χ3n) is 3.90. The van der Waals surface area contributed by atoms with Crippen molar-refractivity contribution in [1.82, 2.24) is 10.2 Å². The van der Waals surface area contributed by atoms with E-state index in [-0.39, 0.29) is 0 Å². The van der Waals surface area contributed by atoms with Crippen molar-refractivity contribution in [3.63, 3.8) is 0 Å². The van der Waals surface area contributed by atoms with Crippen LogP contribution in [0.25, 0.3) is 0 Å². The molecule has 0 aromatic carbocycles. The molecular weight excluding hydrogens is 212 g/mol. The molecule has 1 aliphatic rings. The Hall–Kier alpha value is -0.800. The van der Waals surface area contributed by atoms with Gasteiger partial charge in [0, 0.05) is 19.6 Å². The minimum atomic E-state index is 0.840. The van der Waals surface area contributed by atoms with Gasteiger partial charge in [-0.2, -0.15) is 0 Å². The van der Waals surface area contributed by atoms with Crippen molar-refractivity contribution in [3.05, 3.63) is 24.2 Å². The minimum Gasteiger partial charge on any atom is -0.468 e. The highest BCUT2D eigenvalue weighted by Gasteiger charge is 2.21. The zero-order chi connectivity index (χ0) is 12.1. The van der Waals surface area contributed by atoms with Crippen LogP contribution in [0, 0.1) is 11.8 Å². The number of nitrogens with zero attached hydrogens (tertiary/aromatic N) is 1. The Balaban J connectivity index is 1.59. The summed E-state index contributed by atoms with van der Waals surface area (Å²) >= 11 is 0. The number of nitrogens with one attached hydrogen (secondary N) is 1. The Morgan fingerprint density at radius 1 is 1.41 bits per heavy atom. The summed E-state index contributed by atoms with van der Waals surface area (Å²) in [6.45, 7) is 10.3. The summed E-state index contributed by atoms with van der Waals surface area (Å²) in [6.07, 6.45) is 3.07. The Morgan fingerprint density at radius 2 is 2.29 bits per heavy atom. The van der Waals surface area contributed by atoms with E-state index >= 15 is 0 Å². The summed E-state index contributed by atoms with van der Waals surface area (Å²) in [7, 11) is 0. The van der Waals surface area contributed by atoms with Crippen LogP contribution in [0.4, 0.5) is 0 Å². The van der Waals surface area contributed by atoms with Crippen LogP contribution < -0.4 is 5.32 Å². The van der Waals surface area contributed by atoms with E-state index in [4.69, 9.17) is 4.42 Å². The van der Waals surface area contributed by atoms with Crippen molar-refractivity contribution >= 4 is 0 Å². The molecule has 17 heavy (non-hydrogen) atoms. The normalized spacial score (nSPS) is 26.2. The molecule has 96 valence electrons. The van der Waals surface area contributed by atoms with Gasteiger partial charge in [-0.05, 0) is 36.9 Å². The molecule has 3 heteroatoms. The molecular formula is C14H24N2O. The Bertz CT molecular complexity index is 310. The van der Waals surface area contributed by atoms with Gasteiger partial charge in [-0.1, -0.05) is 13.8 Å². The lowest BCUT2D eigenvalue weighted by Crippen LogP contribution is -2.41. The first-order chi connectivity index (χ1) is 8.25. The zero-order valence-corrected chi connectivity index (χ0v) is 11.0. The molecule has 2 unspecified atom stereocenters. The van der Waals surface area contributed by atoms with Crippen LogP contribution in [-0.4, -0.2) is 31.1 Å². The molecule has 1 fully saturated rings. The summed E-state index contributed by atoms with van der Waals surface area (Å²) < 4.78 is 5.28. The predicted molar refractivity (Wildman–Crippen MR) is 69.8 cm³/mol. The maximum absolute atomic E-state index is 5.28. The van der Waals surface area contributed by atoms with Gasteiger partial charge >= 0.3 is 0 Å². The van der Waals surface area contributed by atoms with Crippen molar-refractivity contribution in [2.75, 3.05) is 26.2 Å². The van der Waals surface area contributed by atoms with E-state index in [1.54, 1.807) is 6.26 Å². The molecule has 2 heterocycles. The molecule has 1 aromatic heterocycles. The first kappa shape index (κ1) is 12.7. The first-order valence-electron chi connectivity index (χ1n) is 6.71. The minimum absolute atomic E-state index is 0.840. The van der Waals surface area contributed by atoms with Gasteiger partial charge in [-0.15, -0.1) is 0 Å². The summed E-state index contributed by atoms with van der Waals surface area (Å²) in [5.41, 5.74) is 0. The molecule has 0 bridgehead atoms. The van der Waals surface area contributed by atoms with Crippen LogP contribution in [0.2, 0.25) is 0 Å². The van der Waals surface area contributed by atoms with Crippen LogP contribution in [0.1, 0.15) is 26.0 Å². The monoisotopic (exact) mass is 236 g/mol. The molecule has 1 aliphatic heterocycles. The largest absolute Gasteiger partial charge is 0.468 e. The average molecular weight is 236 g/mol. The van der Waals surface area contributed by atoms with Gasteiger partial charge in [0.1, 0.15) is 5.76 Å². The summed E-state index contributed by atoms with van der Waals surface area (Å²) in [5.74, 6) is 2.75. The third-order valence-corrected chi connectivity index (χ3v) is 3.90. The standard InChI is InChI=1S/C14H24N2O/c1-12-5-7-16(11-13(12)2)8-6-15-10-14-4-3-9-17-14/h3-4,9,12-13,15H,5-8,10-11H2,1-2H3. The van der Waals surface area contributed by atoms with Gasteiger partial charge in [0.25, 0.3) is 0 Å². The smallest absolute Gasteiger partial charge is 0.117 e. The number of furan rings is 1.